The molecule has 4 aromatic heterocycles. The smallest absolute Gasteiger partial charge is 0.351 e. The Morgan fingerprint density at radius 1 is 1.13 bits per heavy atom. The summed E-state index contributed by atoms with van der Waals surface area (Å²) >= 11 is 6.11. The van der Waals surface area contributed by atoms with Gasteiger partial charge in [-0.2, -0.15) is 10.1 Å². The molecule has 0 aliphatic heterocycles. The number of anilines is 1. The molecule has 31 heavy (non-hydrogen) atoms. The van der Waals surface area contributed by atoms with Crippen molar-refractivity contribution in [2.75, 3.05) is 5.32 Å². The van der Waals surface area contributed by atoms with E-state index in [1.54, 1.807) is 16.9 Å². The van der Waals surface area contributed by atoms with Crippen LogP contribution in [-0.2, 0) is 4.74 Å². The van der Waals surface area contributed by atoms with Gasteiger partial charge in [-0.1, -0.05) is 11.6 Å². The van der Waals surface area contributed by atoms with Crippen LogP contribution in [0.5, 0.6) is 0 Å². The molecule has 8 nitrogen and oxygen atoms in total. The summed E-state index contributed by atoms with van der Waals surface area (Å²) in [6, 6.07) is 3.66. The van der Waals surface area contributed by atoms with Crippen molar-refractivity contribution in [2.24, 2.45) is 0 Å². The lowest BCUT2D eigenvalue weighted by atomic mass is 9.93. The van der Waals surface area contributed by atoms with Crippen LogP contribution in [0.15, 0.2) is 30.7 Å². The highest BCUT2D eigenvalue weighted by molar-refractivity contribution is 6.29. The molecule has 0 saturated heterocycles. The average molecular weight is 452 g/mol. The second-order valence-corrected chi connectivity index (χ2v) is 7.80. The van der Waals surface area contributed by atoms with Gasteiger partial charge in [0.2, 0.25) is 5.95 Å². The molecule has 4 heterocycles. The Bertz CT molecular complexity index is 1230. The monoisotopic (exact) mass is 451 g/mol. The van der Waals surface area contributed by atoms with Gasteiger partial charge in [0, 0.05) is 29.4 Å². The maximum absolute atomic E-state index is 12.4. The van der Waals surface area contributed by atoms with Crippen LogP contribution < -0.4 is 5.32 Å². The Morgan fingerprint density at radius 2 is 1.94 bits per heavy atom. The molecule has 162 valence electrons. The second-order valence-electron chi connectivity index (χ2n) is 7.41. The van der Waals surface area contributed by atoms with Crippen LogP contribution in [0.25, 0.3) is 27.9 Å². The summed E-state index contributed by atoms with van der Waals surface area (Å²) in [5.41, 5.74) is 2.77. The van der Waals surface area contributed by atoms with Gasteiger partial charge in [-0.25, -0.2) is 14.5 Å². The molecule has 0 atom stereocenters. The number of hydrogen-bond donors (Lipinski definition) is 2. The van der Waals surface area contributed by atoms with Crippen molar-refractivity contribution < 1.29 is 17.9 Å². The van der Waals surface area contributed by atoms with Gasteiger partial charge in [-0.3, -0.25) is 4.74 Å². The first-order valence-corrected chi connectivity index (χ1v) is 10.1. The van der Waals surface area contributed by atoms with Crippen LogP contribution in [0.3, 0.4) is 0 Å². The van der Waals surface area contributed by atoms with Crippen LogP contribution in [0.4, 0.5) is 19.1 Å². The van der Waals surface area contributed by atoms with Gasteiger partial charge in [0.05, 0.1) is 18.0 Å². The molecule has 1 aliphatic rings. The number of aromatic amines is 1. The van der Waals surface area contributed by atoms with Crippen molar-refractivity contribution in [1.82, 2.24) is 29.5 Å². The lowest BCUT2D eigenvalue weighted by Gasteiger charge is -2.29. The Morgan fingerprint density at radius 3 is 2.71 bits per heavy atom. The van der Waals surface area contributed by atoms with Crippen LogP contribution in [0, 0.1) is 0 Å². The first-order valence-electron chi connectivity index (χ1n) is 9.71. The molecule has 0 aromatic carbocycles. The number of alkyl halides is 3. The van der Waals surface area contributed by atoms with E-state index < -0.39 is 12.5 Å². The Kier molecular flexibility index (Phi) is 4.94. The first-order chi connectivity index (χ1) is 14.9. The Hall–Kier alpha value is -2.92. The van der Waals surface area contributed by atoms with Crippen LogP contribution in [0.1, 0.15) is 25.7 Å². The van der Waals surface area contributed by atoms with Gasteiger partial charge < -0.3 is 10.3 Å². The lowest BCUT2D eigenvalue weighted by molar-refractivity contribution is -0.345. The van der Waals surface area contributed by atoms with E-state index in [4.69, 9.17) is 11.6 Å². The number of ether oxygens (including phenoxy) is 1. The van der Waals surface area contributed by atoms with Gasteiger partial charge in [0.25, 0.3) is 0 Å². The number of halogens is 4. The largest absolute Gasteiger partial charge is 0.522 e. The van der Waals surface area contributed by atoms with Gasteiger partial charge in [-0.15, -0.1) is 13.2 Å². The summed E-state index contributed by atoms with van der Waals surface area (Å²) in [6.45, 7) is 0. The molecular weight excluding hydrogens is 435 g/mol. The van der Waals surface area contributed by atoms with E-state index in [1.165, 1.54) is 6.20 Å². The van der Waals surface area contributed by atoms with Crippen LogP contribution in [0.2, 0.25) is 5.15 Å². The molecule has 5 rings (SSSR count). The summed E-state index contributed by atoms with van der Waals surface area (Å²) in [6.07, 6.45) is 1.40. The number of H-pyrrole nitrogens is 1. The fourth-order valence-corrected chi connectivity index (χ4v) is 4.05. The highest BCUT2D eigenvalue weighted by Crippen LogP contribution is 2.30. The van der Waals surface area contributed by atoms with Crippen molar-refractivity contribution >= 4 is 34.2 Å². The van der Waals surface area contributed by atoms with Gasteiger partial charge >= 0.3 is 6.36 Å². The second kappa shape index (κ2) is 7.65. The zero-order valence-electron chi connectivity index (χ0n) is 16.0. The third-order valence-electron chi connectivity index (χ3n) is 5.34. The number of imidazole rings is 1. The number of aromatic nitrogens is 6. The van der Waals surface area contributed by atoms with E-state index >= 15 is 0 Å². The van der Waals surface area contributed by atoms with Crippen molar-refractivity contribution in [3.8, 4) is 11.3 Å². The number of hydrogen-bond acceptors (Lipinski definition) is 6. The normalized spacial score (nSPS) is 19.9. The minimum absolute atomic E-state index is 0.00702. The number of fused-ring (bicyclic) bond motifs is 2. The molecule has 0 bridgehead atoms. The SMILES string of the molecule is FC(F)(F)O[C@H]1CC[C@@H](Nc2ncc3c(-c4ccc5ncc(Cl)n5n4)c[nH]c3n2)CC1. The van der Waals surface area contributed by atoms with Gasteiger partial charge in [-0.05, 0) is 37.8 Å². The minimum Gasteiger partial charge on any atom is -0.351 e. The molecule has 12 heteroatoms. The van der Waals surface area contributed by atoms with E-state index in [9.17, 15) is 13.2 Å². The van der Waals surface area contributed by atoms with E-state index in [1.807, 2.05) is 12.1 Å². The Balaban J connectivity index is 1.31. The molecule has 0 spiro atoms. The van der Waals surface area contributed by atoms with E-state index in [0.29, 0.717) is 53.8 Å². The maximum atomic E-state index is 12.4. The summed E-state index contributed by atoms with van der Waals surface area (Å²) in [7, 11) is 0. The average Bonchev–Trinajstić information content (AvgIpc) is 3.31. The van der Waals surface area contributed by atoms with E-state index in [-0.39, 0.29) is 6.04 Å². The molecule has 1 saturated carbocycles. The highest BCUT2D eigenvalue weighted by Gasteiger charge is 2.35. The summed E-state index contributed by atoms with van der Waals surface area (Å²) in [4.78, 5) is 16.2. The summed E-state index contributed by atoms with van der Waals surface area (Å²) in [5, 5.41) is 8.92. The summed E-state index contributed by atoms with van der Waals surface area (Å²) < 4.78 is 42.8. The van der Waals surface area contributed by atoms with Crippen molar-refractivity contribution in [2.45, 2.75) is 44.2 Å². The van der Waals surface area contributed by atoms with Crippen LogP contribution in [-0.4, -0.2) is 48.1 Å². The summed E-state index contributed by atoms with van der Waals surface area (Å²) in [5.74, 6) is 0.419. The van der Waals surface area contributed by atoms with Crippen molar-refractivity contribution in [3.05, 3.63) is 35.9 Å². The molecule has 0 amide bonds. The highest BCUT2D eigenvalue weighted by atomic mass is 35.5. The third-order valence-corrected chi connectivity index (χ3v) is 5.59. The fourth-order valence-electron chi connectivity index (χ4n) is 3.87. The molecule has 0 unspecified atom stereocenters. The van der Waals surface area contributed by atoms with E-state index in [2.05, 4.69) is 35.1 Å². The fraction of sp³-hybridized carbons (Fsp3) is 0.368. The molecule has 1 fully saturated rings. The predicted molar refractivity (Wildman–Crippen MR) is 108 cm³/mol. The zero-order chi connectivity index (χ0) is 21.6. The maximum Gasteiger partial charge on any atom is 0.522 e. The minimum atomic E-state index is -4.59. The predicted octanol–water partition coefficient (Wildman–Crippen LogP) is 4.58. The Labute approximate surface area is 178 Å². The molecular formula is C19H17ClF3N7O. The third kappa shape index (κ3) is 4.15. The number of nitrogens with zero attached hydrogens (tertiary/aromatic N) is 5. The van der Waals surface area contributed by atoms with Gasteiger partial charge in [0.1, 0.15) is 5.65 Å². The topological polar surface area (TPSA) is 93.0 Å². The lowest BCUT2D eigenvalue weighted by Crippen LogP contribution is -2.33. The molecule has 2 N–H and O–H groups in total. The van der Waals surface area contributed by atoms with Crippen molar-refractivity contribution in [1.29, 1.82) is 0 Å². The van der Waals surface area contributed by atoms with Gasteiger partial charge in [0.15, 0.2) is 10.8 Å². The van der Waals surface area contributed by atoms with E-state index in [0.717, 1.165) is 10.9 Å². The number of nitrogens with one attached hydrogen (secondary N) is 2. The quantitative estimate of drug-likeness (QED) is 0.471. The van der Waals surface area contributed by atoms with Crippen LogP contribution >= 0.6 is 11.6 Å². The zero-order valence-corrected chi connectivity index (χ0v) is 16.8. The molecule has 4 aromatic rings. The molecule has 0 radical (unpaired) electrons. The standard InChI is InChI=1S/C19H17ClF3N7O/c20-15-9-24-16-6-5-14(29-30(15)16)12-7-25-17-13(12)8-26-18(28-17)27-10-1-3-11(4-2-10)31-19(21,22)23/h5-11H,1-4H2,(H2,25,26,27,28)/t10-,11+. The number of rotatable bonds is 4. The van der Waals surface area contributed by atoms with Crippen molar-refractivity contribution in [3.63, 3.8) is 0 Å². The molecule has 1 aliphatic carbocycles. The first kappa shape index (κ1) is 20.0.